The number of hydrogen-bond donors (Lipinski definition) is 1. The maximum atomic E-state index is 13.0. The minimum absolute atomic E-state index is 0.310. The fourth-order valence-electron chi connectivity index (χ4n) is 2.03. The summed E-state index contributed by atoms with van der Waals surface area (Å²) in [6.45, 7) is 0.156. The van der Waals surface area contributed by atoms with E-state index in [1.54, 1.807) is 0 Å². The zero-order valence-corrected chi connectivity index (χ0v) is 8.89. The molecule has 0 aromatic carbocycles. The van der Waals surface area contributed by atoms with Gasteiger partial charge in [-0.1, -0.05) is 11.6 Å². The van der Waals surface area contributed by atoms with E-state index in [2.05, 4.69) is 10.3 Å². The third-order valence-corrected chi connectivity index (χ3v) is 3.48. The lowest BCUT2D eigenvalue weighted by Crippen LogP contribution is -2.23. The van der Waals surface area contributed by atoms with Crippen LogP contribution in [0.1, 0.15) is 18.4 Å². The second kappa shape index (κ2) is 2.98. The van der Waals surface area contributed by atoms with Gasteiger partial charge in [0.1, 0.15) is 24.3 Å². The second-order valence-corrected chi connectivity index (χ2v) is 4.45. The van der Waals surface area contributed by atoms with Crippen molar-refractivity contribution >= 4 is 22.6 Å². The molecule has 2 heterocycles. The smallest absolute Gasteiger partial charge is 0.136 e. The Hall–Kier alpha value is -1.03. The van der Waals surface area contributed by atoms with E-state index in [0.717, 1.165) is 24.2 Å². The molecule has 0 amide bonds. The highest BCUT2D eigenvalue weighted by Crippen LogP contribution is 2.47. The van der Waals surface area contributed by atoms with Crippen LogP contribution < -0.4 is 5.32 Å². The summed E-state index contributed by atoms with van der Waals surface area (Å²) in [7, 11) is 0. The Morgan fingerprint density at radius 1 is 1.60 bits per heavy atom. The lowest BCUT2D eigenvalue weighted by molar-refractivity contribution is 0.339. The van der Waals surface area contributed by atoms with Gasteiger partial charge in [-0.2, -0.15) is 0 Å². The summed E-state index contributed by atoms with van der Waals surface area (Å²) >= 11 is 5.98. The van der Waals surface area contributed by atoms with Crippen LogP contribution in [0.15, 0.2) is 17.3 Å². The van der Waals surface area contributed by atoms with E-state index in [0.29, 0.717) is 11.8 Å². The molecule has 15 heavy (non-hydrogen) atoms. The molecule has 0 unspecified atom stereocenters. The van der Waals surface area contributed by atoms with Crippen LogP contribution in [0.3, 0.4) is 0 Å². The highest BCUT2D eigenvalue weighted by atomic mass is 35.5. The van der Waals surface area contributed by atoms with Crippen LogP contribution in [-0.4, -0.2) is 23.1 Å². The number of aliphatic imine (C=N–C) groups is 1. The molecule has 1 aromatic rings. The van der Waals surface area contributed by atoms with Crippen molar-refractivity contribution in [3.8, 4) is 0 Å². The van der Waals surface area contributed by atoms with Gasteiger partial charge >= 0.3 is 0 Å². The molecule has 0 saturated heterocycles. The van der Waals surface area contributed by atoms with Crippen molar-refractivity contribution in [3.05, 3.63) is 17.8 Å². The topological polar surface area (TPSA) is 29.3 Å². The first-order valence-electron chi connectivity index (χ1n) is 4.99. The molecule has 1 aliphatic carbocycles. The second-order valence-electron chi connectivity index (χ2n) is 4.09. The van der Waals surface area contributed by atoms with E-state index in [1.165, 1.54) is 0 Å². The molecular weight excluding hydrogens is 217 g/mol. The van der Waals surface area contributed by atoms with Crippen LogP contribution in [0.2, 0.25) is 0 Å². The van der Waals surface area contributed by atoms with Crippen LogP contribution >= 0.6 is 11.6 Å². The molecular formula is C10H11ClFN3. The Morgan fingerprint density at radius 3 is 3.07 bits per heavy atom. The number of fused-ring (bicyclic) bond motifs is 1. The van der Waals surface area contributed by atoms with E-state index in [4.69, 9.17) is 11.6 Å². The predicted molar refractivity (Wildman–Crippen MR) is 58.5 cm³/mol. The molecule has 0 radical (unpaired) electrons. The fourth-order valence-corrected chi connectivity index (χ4v) is 2.24. The average molecular weight is 228 g/mol. The maximum absolute atomic E-state index is 13.0. The van der Waals surface area contributed by atoms with Crippen molar-refractivity contribution in [2.45, 2.75) is 18.4 Å². The molecule has 0 spiro atoms. The number of nitrogens with one attached hydrogen (secondary N) is 1. The molecule has 80 valence electrons. The van der Waals surface area contributed by atoms with Crippen molar-refractivity contribution in [2.24, 2.45) is 4.99 Å². The van der Waals surface area contributed by atoms with Crippen LogP contribution in [0.25, 0.3) is 0 Å². The van der Waals surface area contributed by atoms with Crippen molar-refractivity contribution in [1.29, 1.82) is 0 Å². The summed E-state index contributed by atoms with van der Waals surface area (Å²) in [6, 6.07) is 1.89. The molecule has 2 aliphatic rings. The molecule has 3 nitrogen and oxygen atoms in total. The van der Waals surface area contributed by atoms with E-state index < -0.39 is 0 Å². The van der Waals surface area contributed by atoms with Crippen LogP contribution in [0.5, 0.6) is 0 Å². The number of rotatable bonds is 2. The molecule has 1 aromatic heterocycles. The maximum Gasteiger partial charge on any atom is 0.136 e. The first-order valence-corrected chi connectivity index (χ1v) is 5.37. The van der Waals surface area contributed by atoms with Gasteiger partial charge < -0.3 is 9.88 Å². The highest BCUT2D eigenvalue weighted by molar-refractivity contribution is 6.70. The molecule has 1 fully saturated rings. The number of halogens is 2. The SMILES string of the molecule is FCC1(n2ccc3c2NCN=C3Cl)CC1. The standard InChI is InChI=1S/C10H11ClFN3/c11-8-7-1-4-15(9(7)14-6-13-8)10(5-12)2-3-10/h1,4,14H,2-3,5-6H2. The van der Waals surface area contributed by atoms with E-state index >= 15 is 0 Å². The Kier molecular flexibility index (Phi) is 1.83. The van der Waals surface area contributed by atoms with Crippen molar-refractivity contribution in [2.75, 3.05) is 18.7 Å². The third-order valence-electron chi connectivity index (χ3n) is 3.16. The van der Waals surface area contributed by atoms with E-state index in [-0.39, 0.29) is 12.2 Å². The minimum atomic E-state index is -0.315. The molecule has 0 atom stereocenters. The quantitative estimate of drug-likeness (QED) is 0.826. The van der Waals surface area contributed by atoms with Gasteiger partial charge in [-0.05, 0) is 18.9 Å². The van der Waals surface area contributed by atoms with Gasteiger partial charge in [0, 0.05) is 6.20 Å². The van der Waals surface area contributed by atoms with E-state index in [9.17, 15) is 4.39 Å². The molecule has 1 saturated carbocycles. The van der Waals surface area contributed by atoms with Crippen molar-refractivity contribution in [3.63, 3.8) is 0 Å². The van der Waals surface area contributed by atoms with Crippen LogP contribution in [0, 0.1) is 0 Å². The number of nitrogens with zero attached hydrogens (tertiary/aromatic N) is 2. The summed E-state index contributed by atoms with van der Waals surface area (Å²) in [5, 5.41) is 3.66. The first kappa shape index (κ1) is 9.21. The summed E-state index contributed by atoms with van der Waals surface area (Å²) in [5.41, 5.74) is 0.567. The van der Waals surface area contributed by atoms with Gasteiger partial charge in [-0.15, -0.1) is 0 Å². The minimum Gasteiger partial charge on any atom is -0.352 e. The third kappa shape index (κ3) is 1.21. The summed E-state index contributed by atoms with van der Waals surface area (Å²) in [6.07, 6.45) is 3.70. The first-order chi connectivity index (χ1) is 7.27. The molecule has 1 aliphatic heterocycles. The average Bonchev–Trinajstić information content (AvgIpc) is 2.92. The number of hydrogen-bond acceptors (Lipinski definition) is 2. The Balaban J connectivity index is 2.09. The molecule has 3 rings (SSSR count). The van der Waals surface area contributed by atoms with Gasteiger partial charge in [-0.3, -0.25) is 4.99 Å². The van der Waals surface area contributed by atoms with E-state index in [1.807, 2.05) is 16.8 Å². The zero-order chi connectivity index (χ0) is 10.5. The van der Waals surface area contributed by atoms with Crippen molar-refractivity contribution < 1.29 is 4.39 Å². The fraction of sp³-hybridized carbons (Fsp3) is 0.500. The van der Waals surface area contributed by atoms with Crippen LogP contribution in [0.4, 0.5) is 10.2 Å². The van der Waals surface area contributed by atoms with Crippen molar-refractivity contribution in [1.82, 2.24) is 4.57 Å². The van der Waals surface area contributed by atoms with Crippen LogP contribution in [-0.2, 0) is 5.54 Å². The predicted octanol–water partition coefficient (Wildman–Crippen LogP) is 2.32. The highest BCUT2D eigenvalue weighted by Gasteiger charge is 2.46. The Morgan fingerprint density at radius 2 is 2.40 bits per heavy atom. The monoisotopic (exact) mass is 227 g/mol. The largest absolute Gasteiger partial charge is 0.352 e. The lowest BCUT2D eigenvalue weighted by atomic mass is 10.3. The summed E-state index contributed by atoms with van der Waals surface area (Å²) < 4.78 is 14.9. The Labute approximate surface area is 91.9 Å². The Bertz CT molecular complexity index is 434. The number of aromatic nitrogens is 1. The molecule has 1 N–H and O–H groups in total. The molecule has 5 heteroatoms. The number of alkyl halides is 1. The van der Waals surface area contributed by atoms with Gasteiger partial charge in [-0.25, -0.2) is 4.39 Å². The number of anilines is 1. The normalized spacial score (nSPS) is 21.6. The molecule has 0 bridgehead atoms. The van der Waals surface area contributed by atoms with Gasteiger partial charge in [0.2, 0.25) is 0 Å². The van der Waals surface area contributed by atoms with Gasteiger partial charge in [0.05, 0.1) is 11.1 Å². The summed E-state index contributed by atoms with van der Waals surface area (Å²) in [4.78, 5) is 4.08. The zero-order valence-electron chi connectivity index (χ0n) is 8.13. The van der Waals surface area contributed by atoms with Gasteiger partial charge in [0.25, 0.3) is 0 Å². The summed E-state index contributed by atoms with van der Waals surface area (Å²) in [5.74, 6) is 0.908. The van der Waals surface area contributed by atoms with Gasteiger partial charge in [0.15, 0.2) is 0 Å². The lowest BCUT2D eigenvalue weighted by Gasteiger charge is -2.20.